The second-order valence-corrected chi connectivity index (χ2v) is 7.70. The van der Waals surface area contributed by atoms with Crippen LogP contribution in [0, 0.1) is 11.6 Å². The predicted molar refractivity (Wildman–Crippen MR) is 89.9 cm³/mol. The third-order valence-electron chi connectivity index (χ3n) is 4.04. The van der Waals surface area contributed by atoms with Gasteiger partial charge in [0.2, 0.25) is 10.0 Å². The van der Waals surface area contributed by atoms with Gasteiger partial charge in [0.25, 0.3) is 0 Å². The van der Waals surface area contributed by atoms with E-state index in [2.05, 4.69) is 0 Å². The number of halogens is 2. The highest BCUT2D eigenvalue weighted by Crippen LogP contribution is 2.42. The largest absolute Gasteiger partial charge is 0.497 e. The van der Waals surface area contributed by atoms with Crippen molar-refractivity contribution in [3.63, 3.8) is 0 Å². The van der Waals surface area contributed by atoms with E-state index in [0.29, 0.717) is 23.4 Å². The molecule has 0 bridgehead atoms. The van der Waals surface area contributed by atoms with E-state index in [-0.39, 0.29) is 23.8 Å². The van der Waals surface area contributed by atoms with Crippen LogP contribution in [0.15, 0.2) is 30.3 Å². The van der Waals surface area contributed by atoms with Crippen LogP contribution in [-0.2, 0) is 16.4 Å². The van der Waals surface area contributed by atoms with Gasteiger partial charge in [-0.05, 0) is 25.5 Å². The van der Waals surface area contributed by atoms with Crippen LogP contribution in [0.1, 0.15) is 12.5 Å². The van der Waals surface area contributed by atoms with E-state index in [9.17, 15) is 17.2 Å². The van der Waals surface area contributed by atoms with E-state index in [4.69, 9.17) is 9.47 Å². The van der Waals surface area contributed by atoms with Crippen molar-refractivity contribution in [3.05, 3.63) is 47.5 Å². The molecular weight excluding hydrogens is 352 g/mol. The van der Waals surface area contributed by atoms with E-state index in [1.165, 1.54) is 17.5 Å². The molecule has 25 heavy (non-hydrogen) atoms. The molecule has 0 saturated heterocycles. The number of rotatable bonds is 5. The van der Waals surface area contributed by atoms with Crippen molar-refractivity contribution in [3.8, 4) is 17.2 Å². The summed E-state index contributed by atoms with van der Waals surface area (Å²) in [6.45, 7) is 1.85. The van der Waals surface area contributed by atoms with Crippen molar-refractivity contribution in [2.24, 2.45) is 0 Å². The van der Waals surface area contributed by atoms with E-state index in [1.807, 2.05) is 0 Å². The van der Waals surface area contributed by atoms with E-state index in [1.54, 1.807) is 19.1 Å². The predicted octanol–water partition coefficient (Wildman–Crippen LogP) is 3.48. The normalized spacial score (nSPS) is 13.7. The summed E-state index contributed by atoms with van der Waals surface area (Å²) in [6.07, 6.45) is 0.427. The number of benzene rings is 2. The molecule has 0 radical (unpaired) electrons. The Morgan fingerprint density at radius 3 is 2.56 bits per heavy atom. The summed E-state index contributed by atoms with van der Waals surface area (Å²) >= 11 is 0. The van der Waals surface area contributed by atoms with Crippen LogP contribution < -0.4 is 13.8 Å². The Morgan fingerprint density at radius 1 is 1.16 bits per heavy atom. The standard InChI is InChI=1S/C17H17F2NO4S/c1-3-25(21,22)20-7-6-13-15(20)9-12(23-2)10-17(13)24-16-5-4-11(18)8-14(16)19/h4-5,8-10H,3,6-7H2,1-2H3. The topological polar surface area (TPSA) is 55.8 Å². The minimum absolute atomic E-state index is 0.0353. The second kappa shape index (κ2) is 6.51. The highest BCUT2D eigenvalue weighted by atomic mass is 32.2. The molecule has 1 aliphatic heterocycles. The fourth-order valence-corrected chi connectivity index (χ4v) is 3.89. The molecule has 1 heterocycles. The minimum atomic E-state index is -3.44. The van der Waals surface area contributed by atoms with Gasteiger partial charge in [-0.15, -0.1) is 0 Å². The SMILES string of the molecule is CCS(=O)(=O)N1CCc2c(Oc3ccc(F)cc3F)cc(OC)cc21. The molecule has 0 amide bonds. The molecule has 8 heteroatoms. The first-order valence-electron chi connectivity index (χ1n) is 7.70. The van der Waals surface area contributed by atoms with Gasteiger partial charge < -0.3 is 9.47 Å². The summed E-state index contributed by atoms with van der Waals surface area (Å²) in [5.74, 6) is -1.06. The molecular formula is C17H17F2NO4S. The van der Waals surface area contributed by atoms with Gasteiger partial charge in [0.1, 0.15) is 17.3 Å². The summed E-state index contributed by atoms with van der Waals surface area (Å²) in [7, 11) is -2.00. The van der Waals surface area contributed by atoms with Crippen LogP contribution in [0.25, 0.3) is 0 Å². The van der Waals surface area contributed by atoms with Gasteiger partial charge in [-0.1, -0.05) is 0 Å². The fourth-order valence-electron chi connectivity index (χ4n) is 2.74. The monoisotopic (exact) mass is 369 g/mol. The second-order valence-electron chi connectivity index (χ2n) is 5.52. The smallest absolute Gasteiger partial charge is 0.234 e. The molecule has 0 N–H and O–H groups in total. The Morgan fingerprint density at radius 2 is 1.92 bits per heavy atom. The zero-order valence-corrected chi connectivity index (χ0v) is 14.6. The maximum Gasteiger partial charge on any atom is 0.234 e. The van der Waals surface area contributed by atoms with Crippen molar-refractivity contribution in [1.82, 2.24) is 0 Å². The van der Waals surface area contributed by atoms with Gasteiger partial charge in [0.15, 0.2) is 11.6 Å². The molecule has 0 saturated carbocycles. The van der Waals surface area contributed by atoms with Crippen LogP contribution >= 0.6 is 0 Å². The summed E-state index contributed by atoms with van der Waals surface area (Å²) in [4.78, 5) is 0. The Balaban J connectivity index is 2.07. The highest BCUT2D eigenvalue weighted by Gasteiger charge is 2.31. The Labute approximate surface area is 144 Å². The van der Waals surface area contributed by atoms with E-state index < -0.39 is 21.7 Å². The summed E-state index contributed by atoms with van der Waals surface area (Å²) in [5, 5.41) is 0. The Kier molecular flexibility index (Phi) is 4.55. The van der Waals surface area contributed by atoms with Crippen molar-refractivity contribution in [1.29, 1.82) is 0 Å². The Hall–Kier alpha value is -2.35. The number of fused-ring (bicyclic) bond motifs is 1. The van der Waals surface area contributed by atoms with Crippen molar-refractivity contribution in [2.45, 2.75) is 13.3 Å². The molecule has 0 spiro atoms. The third kappa shape index (κ3) is 3.26. The lowest BCUT2D eigenvalue weighted by molar-refractivity contribution is 0.403. The van der Waals surface area contributed by atoms with Gasteiger partial charge in [-0.3, -0.25) is 4.31 Å². The van der Waals surface area contributed by atoms with Crippen LogP contribution in [0.2, 0.25) is 0 Å². The van der Waals surface area contributed by atoms with Crippen molar-refractivity contribution in [2.75, 3.05) is 23.7 Å². The first-order valence-corrected chi connectivity index (χ1v) is 9.31. The first kappa shape index (κ1) is 17.5. The maximum atomic E-state index is 13.9. The van der Waals surface area contributed by atoms with E-state index >= 15 is 0 Å². The van der Waals surface area contributed by atoms with Crippen LogP contribution in [0.5, 0.6) is 17.2 Å². The molecule has 5 nitrogen and oxygen atoms in total. The number of anilines is 1. The zero-order valence-electron chi connectivity index (χ0n) is 13.8. The summed E-state index contributed by atoms with van der Waals surface area (Å²) in [5.41, 5.74) is 1.10. The molecule has 0 aliphatic carbocycles. The van der Waals surface area contributed by atoms with Gasteiger partial charge in [-0.2, -0.15) is 0 Å². The molecule has 0 fully saturated rings. The van der Waals surface area contributed by atoms with Crippen molar-refractivity contribution < 1.29 is 26.7 Å². The molecule has 0 unspecified atom stereocenters. The molecule has 2 aromatic rings. The van der Waals surface area contributed by atoms with Crippen LogP contribution in [-0.4, -0.2) is 27.8 Å². The number of hydrogen-bond donors (Lipinski definition) is 0. The van der Waals surface area contributed by atoms with Gasteiger partial charge in [0.05, 0.1) is 18.6 Å². The van der Waals surface area contributed by atoms with Gasteiger partial charge >= 0.3 is 0 Å². The van der Waals surface area contributed by atoms with E-state index in [0.717, 1.165) is 12.1 Å². The average Bonchev–Trinajstić information content (AvgIpc) is 3.02. The zero-order chi connectivity index (χ0) is 18.2. The minimum Gasteiger partial charge on any atom is -0.497 e. The molecule has 0 aromatic heterocycles. The maximum absolute atomic E-state index is 13.9. The molecule has 134 valence electrons. The molecule has 1 aliphatic rings. The van der Waals surface area contributed by atoms with Crippen LogP contribution in [0.3, 0.4) is 0 Å². The lowest BCUT2D eigenvalue weighted by Gasteiger charge is -2.20. The van der Waals surface area contributed by atoms with Crippen LogP contribution in [0.4, 0.5) is 14.5 Å². The number of hydrogen-bond acceptors (Lipinski definition) is 4. The summed E-state index contributed by atoms with van der Waals surface area (Å²) in [6, 6.07) is 6.18. The molecule has 2 aromatic carbocycles. The molecule has 0 atom stereocenters. The lowest BCUT2D eigenvalue weighted by Crippen LogP contribution is -2.30. The number of methoxy groups -OCH3 is 1. The third-order valence-corrected chi connectivity index (χ3v) is 5.82. The lowest BCUT2D eigenvalue weighted by atomic mass is 10.1. The molecule has 3 rings (SSSR count). The number of nitrogens with zero attached hydrogens (tertiary/aromatic N) is 1. The highest BCUT2D eigenvalue weighted by molar-refractivity contribution is 7.92. The Bertz CT molecular complexity index is 915. The number of ether oxygens (including phenoxy) is 2. The summed E-state index contributed by atoms with van der Waals surface area (Å²) < 4.78 is 63.6. The average molecular weight is 369 g/mol. The van der Waals surface area contributed by atoms with Crippen molar-refractivity contribution >= 4 is 15.7 Å². The fraction of sp³-hybridized carbons (Fsp3) is 0.294. The number of sulfonamides is 1. The van der Waals surface area contributed by atoms with Gasteiger partial charge in [0, 0.05) is 30.3 Å². The first-order chi connectivity index (χ1) is 11.9. The van der Waals surface area contributed by atoms with Gasteiger partial charge in [-0.25, -0.2) is 17.2 Å². The quantitative estimate of drug-likeness (QED) is 0.810.